The van der Waals surface area contributed by atoms with Gasteiger partial charge in [0.2, 0.25) is 0 Å². The van der Waals surface area contributed by atoms with Crippen LogP contribution in [0.15, 0.2) is 0 Å². The molecular formula is C8H18ClNO. The molecule has 11 heavy (non-hydrogen) atoms. The van der Waals surface area contributed by atoms with Gasteiger partial charge in [0.05, 0.1) is 6.10 Å². The van der Waals surface area contributed by atoms with Crippen molar-refractivity contribution in [2.24, 2.45) is 11.1 Å². The lowest BCUT2D eigenvalue weighted by atomic mass is 9.73. The van der Waals surface area contributed by atoms with Crippen LogP contribution in [0.2, 0.25) is 0 Å². The summed E-state index contributed by atoms with van der Waals surface area (Å²) in [4.78, 5) is 0. The van der Waals surface area contributed by atoms with Crippen molar-refractivity contribution in [3.05, 3.63) is 0 Å². The molecule has 0 aliphatic heterocycles. The molecule has 0 bridgehead atoms. The van der Waals surface area contributed by atoms with E-state index < -0.39 is 0 Å². The summed E-state index contributed by atoms with van der Waals surface area (Å²) < 4.78 is 0. The third kappa shape index (κ3) is 2.62. The number of hydrogen-bond acceptors (Lipinski definition) is 2. The van der Waals surface area contributed by atoms with Crippen molar-refractivity contribution in [1.29, 1.82) is 0 Å². The van der Waals surface area contributed by atoms with Crippen LogP contribution in [-0.2, 0) is 0 Å². The highest BCUT2D eigenvalue weighted by Crippen LogP contribution is 2.33. The summed E-state index contributed by atoms with van der Waals surface area (Å²) in [7, 11) is 0. The zero-order valence-electron chi connectivity index (χ0n) is 7.21. The minimum Gasteiger partial charge on any atom is -0.393 e. The van der Waals surface area contributed by atoms with E-state index in [1.54, 1.807) is 0 Å². The maximum absolute atomic E-state index is 9.23. The summed E-state index contributed by atoms with van der Waals surface area (Å²) in [6.45, 7) is 4.34. The molecule has 1 aliphatic carbocycles. The molecule has 3 heteroatoms. The molecule has 1 saturated carbocycles. The second kappa shape index (κ2) is 3.74. The molecule has 1 aliphatic rings. The fraction of sp³-hybridized carbons (Fsp3) is 1.00. The van der Waals surface area contributed by atoms with Gasteiger partial charge in [-0.2, -0.15) is 0 Å². The van der Waals surface area contributed by atoms with Crippen molar-refractivity contribution in [2.75, 3.05) is 0 Å². The monoisotopic (exact) mass is 179 g/mol. The molecule has 0 spiro atoms. The van der Waals surface area contributed by atoms with Gasteiger partial charge in [-0.3, -0.25) is 0 Å². The number of rotatable bonds is 0. The molecule has 68 valence electrons. The number of halogens is 1. The molecule has 0 radical (unpaired) electrons. The first kappa shape index (κ1) is 11.2. The van der Waals surface area contributed by atoms with E-state index in [1.807, 2.05) is 0 Å². The van der Waals surface area contributed by atoms with Crippen molar-refractivity contribution >= 4 is 12.4 Å². The molecule has 0 heterocycles. The molecule has 1 rings (SSSR count). The number of nitrogens with two attached hydrogens (primary N) is 1. The van der Waals surface area contributed by atoms with E-state index in [0.717, 1.165) is 19.3 Å². The van der Waals surface area contributed by atoms with Gasteiger partial charge in [0.15, 0.2) is 0 Å². The van der Waals surface area contributed by atoms with E-state index in [2.05, 4.69) is 13.8 Å². The maximum Gasteiger partial charge on any atom is 0.0555 e. The fourth-order valence-corrected chi connectivity index (χ4v) is 1.45. The highest BCUT2D eigenvalue weighted by atomic mass is 35.5. The van der Waals surface area contributed by atoms with Crippen LogP contribution in [0.1, 0.15) is 33.1 Å². The van der Waals surface area contributed by atoms with Crippen LogP contribution >= 0.6 is 12.4 Å². The van der Waals surface area contributed by atoms with Crippen LogP contribution in [0, 0.1) is 5.41 Å². The van der Waals surface area contributed by atoms with Crippen LogP contribution < -0.4 is 5.73 Å². The molecule has 0 aromatic heterocycles. The van der Waals surface area contributed by atoms with Crippen molar-refractivity contribution in [1.82, 2.24) is 0 Å². The van der Waals surface area contributed by atoms with E-state index in [1.165, 1.54) is 0 Å². The van der Waals surface area contributed by atoms with Gasteiger partial charge in [-0.25, -0.2) is 0 Å². The first-order valence-corrected chi connectivity index (χ1v) is 3.96. The van der Waals surface area contributed by atoms with Gasteiger partial charge in [0.25, 0.3) is 0 Å². The molecule has 0 aromatic rings. The van der Waals surface area contributed by atoms with Gasteiger partial charge in [0, 0.05) is 6.04 Å². The zero-order valence-corrected chi connectivity index (χ0v) is 8.03. The smallest absolute Gasteiger partial charge is 0.0555 e. The number of aliphatic hydroxyl groups excluding tert-OH is 1. The lowest BCUT2D eigenvalue weighted by Crippen LogP contribution is -2.44. The van der Waals surface area contributed by atoms with Crippen LogP contribution in [0.4, 0.5) is 0 Å². The topological polar surface area (TPSA) is 46.2 Å². The Morgan fingerprint density at radius 1 is 1.45 bits per heavy atom. The van der Waals surface area contributed by atoms with Crippen LogP contribution in [0.25, 0.3) is 0 Å². The normalized spacial score (nSPS) is 36.0. The Kier molecular flexibility index (Phi) is 3.82. The Morgan fingerprint density at radius 3 is 2.36 bits per heavy atom. The fourth-order valence-electron chi connectivity index (χ4n) is 1.45. The molecular weight excluding hydrogens is 162 g/mol. The summed E-state index contributed by atoms with van der Waals surface area (Å²) in [5.74, 6) is 0. The van der Waals surface area contributed by atoms with E-state index in [4.69, 9.17) is 5.73 Å². The molecule has 2 nitrogen and oxygen atoms in total. The van der Waals surface area contributed by atoms with E-state index >= 15 is 0 Å². The molecule has 3 N–H and O–H groups in total. The summed E-state index contributed by atoms with van der Waals surface area (Å²) in [5.41, 5.74) is 6.08. The lowest BCUT2D eigenvalue weighted by Gasteiger charge is -2.38. The van der Waals surface area contributed by atoms with E-state index in [-0.39, 0.29) is 30.0 Å². The number of hydrogen-bond donors (Lipinski definition) is 2. The Morgan fingerprint density at radius 2 is 2.00 bits per heavy atom. The quantitative estimate of drug-likeness (QED) is 0.589. The summed E-state index contributed by atoms with van der Waals surface area (Å²) in [6.07, 6.45) is 2.59. The number of aliphatic hydroxyl groups is 1. The maximum atomic E-state index is 9.23. The average Bonchev–Trinajstić information content (AvgIpc) is 1.81. The summed E-state index contributed by atoms with van der Waals surface area (Å²) in [6, 6.07) is 0.177. The Bertz CT molecular complexity index is 127. The average molecular weight is 180 g/mol. The Balaban J connectivity index is 0.000001000. The lowest BCUT2D eigenvalue weighted by molar-refractivity contribution is 0.0627. The SMILES string of the molecule is CC1(C)CCC(O)CC1N.Cl. The van der Waals surface area contributed by atoms with E-state index in [9.17, 15) is 5.11 Å². The van der Waals surface area contributed by atoms with Gasteiger partial charge in [0.1, 0.15) is 0 Å². The second-order valence-corrected chi connectivity index (χ2v) is 4.02. The molecule has 0 aromatic carbocycles. The van der Waals surface area contributed by atoms with Crippen LogP contribution in [0.5, 0.6) is 0 Å². The Hall–Kier alpha value is 0.210. The van der Waals surface area contributed by atoms with Gasteiger partial charge >= 0.3 is 0 Å². The van der Waals surface area contributed by atoms with Gasteiger partial charge in [-0.1, -0.05) is 13.8 Å². The minimum absolute atomic E-state index is 0. The van der Waals surface area contributed by atoms with Gasteiger partial charge < -0.3 is 10.8 Å². The van der Waals surface area contributed by atoms with Crippen molar-refractivity contribution in [3.8, 4) is 0 Å². The van der Waals surface area contributed by atoms with Crippen molar-refractivity contribution in [2.45, 2.75) is 45.3 Å². The summed E-state index contributed by atoms with van der Waals surface area (Å²) in [5, 5.41) is 9.23. The molecule has 1 fully saturated rings. The first-order valence-electron chi connectivity index (χ1n) is 3.96. The zero-order chi connectivity index (χ0) is 7.78. The van der Waals surface area contributed by atoms with Crippen molar-refractivity contribution in [3.63, 3.8) is 0 Å². The van der Waals surface area contributed by atoms with Crippen LogP contribution in [-0.4, -0.2) is 17.3 Å². The van der Waals surface area contributed by atoms with E-state index in [0.29, 0.717) is 0 Å². The van der Waals surface area contributed by atoms with Gasteiger partial charge in [-0.05, 0) is 24.7 Å². The third-order valence-electron chi connectivity index (χ3n) is 2.65. The third-order valence-corrected chi connectivity index (χ3v) is 2.65. The standard InChI is InChI=1S/C8H17NO.ClH/c1-8(2)4-3-6(10)5-7(8)9;/h6-7,10H,3-5,9H2,1-2H3;1H. The largest absolute Gasteiger partial charge is 0.393 e. The highest BCUT2D eigenvalue weighted by Gasteiger charge is 2.32. The molecule has 2 unspecified atom stereocenters. The second-order valence-electron chi connectivity index (χ2n) is 4.02. The van der Waals surface area contributed by atoms with Crippen LogP contribution in [0.3, 0.4) is 0 Å². The van der Waals surface area contributed by atoms with Crippen molar-refractivity contribution < 1.29 is 5.11 Å². The minimum atomic E-state index is -0.150. The predicted molar refractivity (Wildman–Crippen MR) is 48.9 cm³/mol. The van der Waals surface area contributed by atoms with Gasteiger partial charge in [-0.15, -0.1) is 12.4 Å². The first-order chi connectivity index (χ1) is 4.52. The summed E-state index contributed by atoms with van der Waals surface area (Å²) >= 11 is 0. The molecule has 0 amide bonds. The molecule has 0 saturated heterocycles. The highest BCUT2D eigenvalue weighted by molar-refractivity contribution is 5.85. The molecule has 2 atom stereocenters. The Labute approximate surface area is 74.6 Å². The predicted octanol–water partition coefficient (Wildman–Crippen LogP) is 1.31.